The van der Waals surface area contributed by atoms with E-state index in [1.165, 1.54) is 0 Å². The first kappa shape index (κ1) is 20.4. The summed E-state index contributed by atoms with van der Waals surface area (Å²) >= 11 is 0. The third-order valence-electron chi connectivity index (χ3n) is 4.94. The van der Waals surface area contributed by atoms with Crippen LogP contribution in [0.2, 0.25) is 0 Å². The van der Waals surface area contributed by atoms with Crippen molar-refractivity contribution in [2.75, 3.05) is 7.11 Å². The first-order valence-corrected chi connectivity index (χ1v) is 11.1. The highest BCUT2D eigenvalue weighted by Gasteiger charge is 2.36. The molecule has 0 bridgehead atoms. The highest BCUT2D eigenvalue weighted by atomic mass is 32.2. The van der Waals surface area contributed by atoms with E-state index in [1.807, 2.05) is 51.2 Å². The van der Waals surface area contributed by atoms with E-state index in [9.17, 15) is 13.2 Å². The number of nitrogens with zero attached hydrogens (tertiary/aromatic N) is 1. The van der Waals surface area contributed by atoms with Gasteiger partial charge in [-0.15, -0.1) is 0 Å². The average molecular weight is 429 g/mol. The predicted molar refractivity (Wildman–Crippen MR) is 113 cm³/mol. The largest absolute Gasteiger partial charge is 0.497 e. The molecule has 158 valence electrons. The fraction of sp³-hybridized carbons (Fsp3) is 0.318. The molecule has 0 radical (unpaired) electrons. The molecule has 0 fully saturated rings. The van der Waals surface area contributed by atoms with Crippen LogP contribution in [-0.4, -0.2) is 31.7 Å². The van der Waals surface area contributed by atoms with E-state index in [1.54, 1.807) is 29.9 Å². The van der Waals surface area contributed by atoms with Crippen LogP contribution in [0, 0.1) is 0 Å². The number of fused-ring (bicyclic) bond motifs is 2. The zero-order valence-electron chi connectivity index (χ0n) is 17.3. The quantitative estimate of drug-likeness (QED) is 0.644. The first-order valence-electron chi connectivity index (χ1n) is 9.59. The molecule has 3 aromatic rings. The molecule has 4 rings (SSSR count). The molecule has 2 heterocycles. The van der Waals surface area contributed by atoms with E-state index in [4.69, 9.17) is 9.47 Å². The van der Waals surface area contributed by atoms with Crippen molar-refractivity contribution in [3.8, 4) is 5.75 Å². The van der Waals surface area contributed by atoms with Crippen LogP contribution in [0.25, 0.3) is 10.9 Å². The molecule has 30 heavy (non-hydrogen) atoms. The van der Waals surface area contributed by atoms with Crippen molar-refractivity contribution < 1.29 is 22.7 Å². The topological polar surface area (TPSA) is 86.6 Å². The predicted octanol–water partition coefficient (Wildman–Crippen LogP) is 3.37. The van der Waals surface area contributed by atoms with E-state index in [2.05, 4.69) is 4.72 Å². The molecule has 8 heteroatoms. The van der Waals surface area contributed by atoms with Crippen LogP contribution >= 0.6 is 0 Å². The van der Waals surface area contributed by atoms with Gasteiger partial charge in [0, 0.05) is 22.7 Å². The number of rotatable bonds is 4. The lowest BCUT2D eigenvalue weighted by molar-refractivity contribution is -0.155. The molecule has 1 aliphatic rings. The maximum Gasteiger partial charge on any atom is 0.326 e. The maximum atomic E-state index is 12.6. The number of hydrogen-bond donors (Lipinski definition) is 1. The summed E-state index contributed by atoms with van der Waals surface area (Å²) in [5.41, 5.74) is 1.63. The second kappa shape index (κ2) is 7.14. The summed E-state index contributed by atoms with van der Waals surface area (Å²) in [6, 6.07) is 11.9. The Hall–Kier alpha value is -2.84. The Morgan fingerprint density at radius 2 is 1.87 bits per heavy atom. The SMILES string of the molecule is COc1ccc2c(c1)c(C1NS(=O)(=O)c3ccccc31)cn2CC(=O)OC(C)(C)C. The van der Waals surface area contributed by atoms with Crippen molar-refractivity contribution in [2.45, 2.75) is 43.9 Å². The Morgan fingerprint density at radius 3 is 2.57 bits per heavy atom. The fourth-order valence-electron chi connectivity index (χ4n) is 3.78. The molecular formula is C22H24N2O5S. The molecule has 2 aromatic carbocycles. The molecular weight excluding hydrogens is 404 g/mol. The molecule has 0 saturated heterocycles. The van der Waals surface area contributed by atoms with Crippen LogP contribution in [0.4, 0.5) is 0 Å². The van der Waals surface area contributed by atoms with Crippen molar-refractivity contribution in [2.24, 2.45) is 0 Å². The minimum absolute atomic E-state index is 0.0151. The number of carbonyl (C=O) groups is 1. The van der Waals surface area contributed by atoms with Gasteiger partial charge in [0.15, 0.2) is 0 Å². The van der Waals surface area contributed by atoms with Crippen molar-refractivity contribution in [3.05, 3.63) is 59.8 Å². The molecule has 0 aliphatic carbocycles. The highest BCUT2D eigenvalue weighted by Crippen LogP contribution is 2.39. The summed E-state index contributed by atoms with van der Waals surface area (Å²) in [5.74, 6) is 0.280. The van der Waals surface area contributed by atoms with E-state index < -0.39 is 21.7 Å². The van der Waals surface area contributed by atoms with Crippen LogP contribution in [0.15, 0.2) is 53.6 Å². The van der Waals surface area contributed by atoms with Gasteiger partial charge in [0.2, 0.25) is 10.0 Å². The van der Waals surface area contributed by atoms with E-state index in [0.29, 0.717) is 11.3 Å². The summed E-state index contributed by atoms with van der Waals surface area (Å²) in [7, 11) is -2.03. The smallest absolute Gasteiger partial charge is 0.326 e. The lowest BCUT2D eigenvalue weighted by atomic mass is 9.99. The van der Waals surface area contributed by atoms with Crippen LogP contribution in [-0.2, 0) is 26.1 Å². The Bertz CT molecular complexity index is 1240. The number of methoxy groups -OCH3 is 1. The normalized spacial score (nSPS) is 17.7. The Labute approximate surface area is 175 Å². The average Bonchev–Trinajstić information content (AvgIpc) is 3.15. The van der Waals surface area contributed by atoms with Crippen LogP contribution in [0.3, 0.4) is 0 Å². The minimum atomic E-state index is -3.61. The number of benzene rings is 2. The first-order chi connectivity index (χ1) is 14.1. The molecule has 0 spiro atoms. The molecule has 1 aromatic heterocycles. The van der Waals surface area contributed by atoms with Gasteiger partial charge < -0.3 is 14.0 Å². The van der Waals surface area contributed by atoms with E-state index in [-0.39, 0.29) is 17.4 Å². The Morgan fingerprint density at radius 1 is 1.13 bits per heavy atom. The number of carbonyl (C=O) groups excluding carboxylic acids is 1. The molecule has 7 nitrogen and oxygen atoms in total. The Balaban J connectivity index is 1.84. The van der Waals surface area contributed by atoms with Crippen molar-refractivity contribution in [3.63, 3.8) is 0 Å². The summed E-state index contributed by atoms with van der Waals surface area (Å²) in [5, 5.41) is 0.808. The van der Waals surface area contributed by atoms with Crippen molar-refractivity contribution in [1.29, 1.82) is 0 Å². The molecule has 1 atom stereocenters. The standard InChI is InChI=1S/C22H24N2O5S/c1-22(2,3)29-20(25)13-24-12-17(16-11-14(28-4)9-10-18(16)24)21-15-7-5-6-8-19(15)30(26,27)23-21/h5-12,21,23H,13H2,1-4H3. The lowest BCUT2D eigenvalue weighted by Gasteiger charge is -2.19. The van der Waals surface area contributed by atoms with Gasteiger partial charge >= 0.3 is 5.97 Å². The number of aromatic nitrogens is 1. The van der Waals surface area contributed by atoms with Crippen molar-refractivity contribution in [1.82, 2.24) is 9.29 Å². The van der Waals surface area contributed by atoms with Gasteiger partial charge in [0.05, 0.1) is 18.0 Å². The minimum Gasteiger partial charge on any atom is -0.497 e. The molecule has 1 unspecified atom stereocenters. The highest BCUT2D eigenvalue weighted by molar-refractivity contribution is 7.89. The summed E-state index contributed by atoms with van der Waals surface area (Å²) in [6.45, 7) is 5.47. The molecule has 0 amide bonds. The van der Waals surface area contributed by atoms with Crippen LogP contribution in [0.1, 0.15) is 37.9 Å². The van der Waals surface area contributed by atoms with Gasteiger partial charge in [-0.2, -0.15) is 4.72 Å². The number of nitrogens with one attached hydrogen (secondary N) is 1. The number of esters is 1. The van der Waals surface area contributed by atoms with Gasteiger partial charge in [-0.05, 0) is 50.6 Å². The van der Waals surface area contributed by atoms with Gasteiger partial charge in [-0.3, -0.25) is 4.79 Å². The summed E-state index contributed by atoms with van der Waals surface area (Å²) < 4.78 is 40.6. The molecule has 0 saturated carbocycles. The zero-order valence-corrected chi connectivity index (χ0v) is 18.1. The number of ether oxygens (including phenoxy) is 2. The van der Waals surface area contributed by atoms with E-state index >= 15 is 0 Å². The van der Waals surface area contributed by atoms with Gasteiger partial charge in [0.25, 0.3) is 0 Å². The zero-order chi connectivity index (χ0) is 21.7. The van der Waals surface area contributed by atoms with Gasteiger partial charge in [-0.25, -0.2) is 8.42 Å². The van der Waals surface area contributed by atoms with Gasteiger partial charge in [-0.1, -0.05) is 18.2 Å². The summed E-state index contributed by atoms with van der Waals surface area (Å²) in [6.07, 6.45) is 1.81. The molecule has 1 aliphatic heterocycles. The second-order valence-corrected chi connectivity index (χ2v) is 9.96. The van der Waals surface area contributed by atoms with Gasteiger partial charge in [0.1, 0.15) is 17.9 Å². The third kappa shape index (κ3) is 3.68. The maximum absolute atomic E-state index is 12.6. The van der Waals surface area contributed by atoms with Crippen LogP contribution in [0.5, 0.6) is 5.75 Å². The fourth-order valence-corrected chi connectivity index (χ4v) is 5.23. The lowest BCUT2D eigenvalue weighted by Crippen LogP contribution is -2.26. The van der Waals surface area contributed by atoms with Crippen LogP contribution < -0.4 is 9.46 Å². The van der Waals surface area contributed by atoms with E-state index in [0.717, 1.165) is 16.5 Å². The second-order valence-electron chi connectivity index (χ2n) is 8.27. The summed E-state index contributed by atoms with van der Waals surface area (Å²) in [4.78, 5) is 12.7. The monoisotopic (exact) mass is 428 g/mol. The Kier molecular flexibility index (Phi) is 4.86. The number of hydrogen-bond acceptors (Lipinski definition) is 5. The third-order valence-corrected chi connectivity index (χ3v) is 6.44. The number of sulfonamides is 1. The van der Waals surface area contributed by atoms with Crippen molar-refractivity contribution >= 4 is 26.9 Å². The molecule has 1 N–H and O–H groups in total.